The first-order valence-corrected chi connectivity index (χ1v) is 4.28. The summed E-state index contributed by atoms with van der Waals surface area (Å²) < 4.78 is 0. The molecule has 2 rings (SSSR count). The van der Waals surface area contributed by atoms with Crippen LogP contribution in [-0.2, 0) is 0 Å². The average Bonchev–Trinajstić information content (AvgIpc) is 2.12. The number of rotatable bonds is 0. The Labute approximate surface area is 65.0 Å². The fraction of sp³-hybridized carbons (Fsp3) is 0.111. The normalized spacial score (nSPS) is 28.0. The third kappa shape index (κ3) is 1.09. The van der Waals surface area contributed by atoms with Crippen molar-refractivity contribution < 1.29 is 0 Å². The average molecular weight is 148 g/mol. The molecule has 0 nitrogen and oxygen atoms in total. The molecule has 1 heteroatoms. The zero-order chi connectivity index (χ0) is 6.81. The van der Waals surface area contributed by atoms with Crippen LogP contribution in [0.2, 0.25) is 0 Å². The van der Waals surface area contributed by atoms with Gasteiger partial charge in [0.25, 0.3) is 0 Å². The van der Waals surface area contributed by atoms with Crippen molar-refractivity contribution in [3.05, 3.63) is 47.4 Å². The second kappa shape index (κ2) is 2.51. The van der Waals surface area contributed by atoms with Crippen molar-refractivity contribution in [2.75, 3.05) is 0 Å². The minimum Gasteiger partial charge on any atom is -0.122 e. The van der Waals surface area contributed by atoms with E-state index in [0.29, 0.717) is 5.25 Å². The molecule has 0 fully saturated rings. The molecule has 1 aliphatic heterocycles. The highest BCUT2D eigenvalue weighted by Gasteiger charge is 2.05. The third-order valence-corrected chi connectivity index (χ3v) is 2.45. The first kappa shape index (κ1) is 6.05. The van der Waals surface area contributed by atoms with E-state index < -0.39 is 0 Å². The van der Waals surface area contributed by atoms with Gasteiger partial charge in [-0.15, -0.1) is 11.8 Å². The summed E-state index contributed by atoms with van der Waals surface area (Å²) in [5.74, 6) is 0. The van der Waals surface area contributed by atoms with Crippen LogP contribution in [0.1, 0.15) is 0 Å². The molecule has 0 aromatic heterocycles. The van der Waals surface area contributed by atoms with Gasteiger partial charge in [0.05, 0.1) is 0 Å². The molecule has 0 N–H and O–H groups in total. The van der Waals surface area contributed by atoms with Crippen LogP contribution in [-0.4, -0.2) is 5.25 Å². The van der Waals surface area contributed by atoms with E-state index in [4.69, 9.17) is 0 Å². The maximum atomic E-state index is 2.27. The molecule has 0 spiro atoms. The first-order chi connectivity index (χ1) is 4.95. The quantitative estimate of drug-likeness (QED) is 0.509. The summed E-state index contributed by atoms with van der Waals surface area (Å²) in [6.45, 7) is 0. The van der Waals surface area contributed by atoms with Crippen molar-refractivity contribution in [2.24, 2.45) is 0 Å². The highest BCUT2D eigenvalue weighted by molar-refractivity contribution is 8.03. The monoisotopic (exact) mass is 148 g/mol. The molecule has 0 aromatic carbocycles. The van der Waals surface area contributed by atoms with Gasteiger partial charge in [0.15, 0.2) is 0 Å². The Morgan fingerprint density at radius 1 is 1.20 bits per heavy atom. The molecule has 1 heterocycles. The summed E-state index contributed by atoms with van der Waals surface area (Å²) in [5, 5.41) is 2.72. The Hall–Kier alpha value is -0.690. The summed E-state index contributed by atoms with van der Waals surface area (Å²) >= 11 is 1.85. The Balaban J connectivity index is 2.37. The summed E-state index contributed by atoms with van der Waals surface area (Å²) in [4.78, 5) is 0. The lowest BCUT2D eigenvalue weighted by atomic mass is 10.2. The number of thioether (sulfide) groups is 1. The molecule has 1 aliphatic carbocycles. The van der Waals surface area contributed by atoms with Crippen molar-refractivity contribution in [1.29, 1.82) is 0 Å². The van der Waals surface area contributed by atoms with Crippen LogP contribution in [0, 0.1) is 0 Å². The lowest BCUT2D eigenvalue weighted by molar-refractivity contribution is 1.40. The number of hydrogen-bond acceptors (Lipinski definition) is 1. The van der Waals surface area contributed by atoms with Gasteiger partial charge in [-0.25, -0.2) is 0 Å². The molecular weight excluding hydrogens is 140 g/mol. The van der Waals surface area contributed by atoms with Crippen LogP contribution in [0.25, 0.3) is 0 Å². The van der Waals surface area contributed by atoms with E-state index >= 15 is 0 Å². The van der Waals surface area contributed by atoms with Crippen LogP contribution in [0.5, 0.6) is 0 Å². The summed E-state index contributed by atoms with van der Waals surface area (Å²) in [6, 6.07) is 0. The summed E-state index contributed by atoms with van der Waals surface area (Å²) in [5.41, 5.74) is 1.33. The van der Waals surface area contributed by atoms with Crippen molar-refractivity contribution in [3.63, 3.8) is 0 Å². The van der Waals surface area contributed by atoms with Crippen molar-refractivity contribution in [1.82, 2.24) is 0 Å². The molecule has 0 amide bonds. The minimum atomic E-state index is 0.565. The predicted octanol–water partition coefficient (Wildman–Crippen LogP) is 2.67. The molecule has 0 radical (unpaired) electrons. The van der Waals surface area contributed by atoms with Crippen LogP contribution in [0.15, 0.2) is 47.4 Å². The van der Waals surface area contributed by atoms with Crippen LogP contribution in [0.3, 0.4) is 0 Å². The largest absolute Gasteiger partial charge is 0.122 e. The summed E-state index contributed by atoms with van der Waals surface area (Å²) in [6.07, 6.45) is 12.9. The van der Waals surface area contributed by atoms with Gasteiger partial charge in [-0.3, -0.25) is 0 Å². The maximum absolute atomic E-state index is 2.27. The molecule has 0 saturated heterocycles. The van der Waals surface area contributed by atoms with Gasteiger partial charge in [0.1, 0.15) is 0 Å². The van der Waals surface area contributed by atoms with Gasteiger partial charge in [-0.2, -0.15) is 0 Å². The Kier molecular flexibility index (Phi) is 1.52. The maximum Gasteiger partial charge on any atom is 0.0460 e. The van der Waals surface area contributed by atoms with Crippen molar-refractivity contribution in [2.45, 2.75) is 5.25 Å². The Morgan fingerprint density at radius 3 is 3.20 bits per heavy atom. The molecule has 2 aliphatic rings. The van der Waals surface area contributed by atoms with Crippen LogP contribution in [0.4, 0.5) is 0 Å². The fourth-order valence-corrected chi connectivity index (χ4v) is 1.88. The van der Waals surface area contributed by atoms with Gasteiger partial charge in [0.2, 0.25) is 0 Å². The van der Waals surface area contributed by atoms with Crippen LogP contribution < -0.4 is 0 Å². The number of hydrogen-bond donors (Lipinski definition) is 0. The Bertz CT molecular complexity index is 243. The lowest BCUT2D eigenvalue weighted by Gasteiger charge is -2.07. The zero-order valence-corrected chi connectivity index (χ0v) is 6.34. The van der Waals surface area contributed by atoms with E-state index in [9.17, 15) is 0 Å². The highest BCUT2D eigenvalue weighted by Crippen LogP contribution is 2.25. The zero-order valence-electron chi connectivity index (χ0n) is 5.53. The molecule has 50 valence electrons. The molecule has 10 heavy (non-hydrogen) atoms. The minimum absolute atomic E-state index is 0.565. The summed E-state index contributed by atoms with van der Waals surface area (Å²) in [7, 11) is 0. The topological polar surface area (TPSA) is 0 Å². The second-order valence-electron chi connectivity index (χ2n) is 2.31. The van der Waals surface area contributed by atoms with Crippen molar-refractivity contribution >= 4 is 11.8 Å². The van der Waals surface area contributed by atoms with Crippen molar-refractivity contribution in [3.8, 4) is 0 Å². The second-order valence-corrected chi connectivity index (χ2v) is 3.40. The Morgan fingerprint density at radius 2 is 2.20 bits per heavy atom. The molecule has 1 atom stereocenters. The molecule has 0 aromatic rings. The van der Waals surface area contributed by atoms with E-state index in [1.54, 1.807) is 0 Å². The van der Waals surface area contributed by atoms with Gasteiger partial charge < -0.3 is 0 Å². The van der Waals surface area contributed by atoms with E-state index in [2.05, 4.69) is 41.9 Å². The predicted molar refractivity (Wildman–Crippen MR) is 46.9 cm³/mol. The highest BCUT2D eigenvalue weighted by atomic mass is 32.2. The standard InChI is InChI=1S/C9H8S/c1-2-4-9-7-8(3-1)5-6-10-9/h1-7,9H. The molecule has 1 unspecified atom stereocenters. The first-order valence-electron chi connectivity index (χ1n) is 3.34. The molecule has 0 saturated carbocycles. The number of fused-ring (bicyclic) bond motifs is 1. The van der Waals surface area contributed by atoms with Gasteiger partial charge in [-0.1, -0.05) is 30.4 Å². The number of allylic oxidation sites excluding steroid dienone is 5. The van der Waals surface area contributed by atoms with Gasteiger partial charge in [0, 0.05) is 5.25 Å². The third-order valence-electron chi connectivity index (χ3n) is 1.55. The van der Waals surface area contributed by atoms with Gasteiger partial charge in [-0.05, 0) is 17.1 Å². The van der Waals surface area contributed by atoms with E-state index in [-0.39, 0.29) is 0 Å². The smallest absolute Gasteiger partial charge is 0.0460 e. The van der Waals surface area contributed by atoms with E-state index in [1.165, 1.54) is 5.57 Å². The SMILES string of the molecule is C1=CC2=CC(C=C1)SC=C2. The van der Waals surface area contributed by atoms with E-state index in [0.717, 1.165) is 0 Å². The van der Waals surface area contributed by atoms with E-state index in [1.807, 2.05) is 11.8 Å². The molecule has 2 bridgehead atoms. The van der Waals surface area contributed by atoms with Gasteiger partial charge >= 0.3 is 0 Å². The molecular formula is C9H8S. The fourth-order valence-electron chi connectivity index (χ4n) is 1.05. The van der Waals surface area contributed by atoms with Crippen LogP contribution >= 0.6 is 11.8 Å². The lowest BCUT2D eigenvalue weighted by Crippen LogP contribution is -1.93.